The van der Waals surface area contributed by atoms with Gasteiger partial charge in [-0.25, -0.2) is 0 Å². The smallest absolute Gasteiger partial charge is 0.191 e. The summed E-state index contributed by atoms with van der Waals surface area (Å²) >= 11 is 0. The average Bonchev–Trinajstić information content (AvgIpc) is 3.11. The van der Waals surface area contributed by atoms with Crippen LogP contribution in [0.1, 0.15) is 29.6 Å². The molecule has 0 saturated carbocycles. The van der Waals surface area contributed by atoms with Crippen LogP contribution in [-0.2, 0) is 19.2 Å². The minimum atomic E-state index is -1.11. The van der Waals surface area contributed by atoms with Gasteiger partial charge in [-0.05, 0) is 32.9 Å². The summed E-state index contributed by atoms with van der Waals surface area (Å²) in [6, 6.07) is 3.51. The third-order valence-corrected chi connectivity index (χ3v) is 3.97. The predicted molar refractivity (Wildman–Crippen MR) is 89.2 cm³/mol. The van der Waals surface area contributed by atoms with Gasteiger partial charge in [-0.1, -0.05) is 0 Å². The van der Waals surface area contributed by atoms with E-state index in [-0.39, 0.29) is 6.54 Å². The maximum atomic E-state index is 10.4. The number of nitrogens with zero attached hydrogens (tertiary/aromatic N) is 3. The van der Waals surface area contributed by atoms with Crippen molar-refractivity contribution in [2.24, 2.45) is 12.0 Å². The Labute approximate surface area is 136 Å². The molecule has 0 saturated heterocycles. The molecule has 2 heterocycles. The summed E-state index contributed by atoms with van der Waals surface area (Å²) in [5.74, 6) is 1.12. The molecule has 1 unspecified atom stereocenters. The molecule has 126 valence electrons. The Morgan fingerprint density at radius 3 is 2.70 bits per heavy atom. The van der Waals surface area contributed by atoms with Gasteiger partial charge in [0.15, 0.2) is 5.96 Å². The Hall–Kier alpha value is -2.28. The second kappa shape index (κ2) is 6.87. The van der Waals surface area contributed by atoms with Crippen molar-refractivity contribution in [1.29, 1.82) is 0 Å². The summed E-state index contributed by atoms with van der Waals surface area (Å²) in [4.78, 5) is 4.18. The van der Waals surface area contributed by atoms with E-state index < -0.39 is 5.60 Å². The standard InChI is InChI=1S/C16H25N5O2/c1-11-13(12(2)21(5)20-11)9-18-15(17-4)19-10-16(3,22)14-7-6-8-23-14/h6-8,22H,9-10H2,1-5H3,(H2,17,18,19). The van der Waals surface area contributed by atoms with E-state index in [2.05, 4.69) is 20.7 Å². The van der Waals surface area contributed by atoms with Crippen molar-refractivity contribution in [3.05, 3.63) is 41.1 Å². The van der Waals surface area contributed by atoms with Gasteiger partial charge in [0.25, 0.3) is 0 Å². The molecule has 0 bridgehead atoms. The maximum absolute atomic E-state index is 10.4. The molecule has 7 heteroatoms. The van der Waals surface area contributed by atoms with E-state index in [0.717, 1.165) is 17.0 Å². The first-order valence-corrected chi connectivity index (χ1v) is 7.55. The van der Waals surface area contributed by atoms with Crippen LogP contribution in [0.15, 0.2) is 27.8 Å². The first-order chi connectivity index (χ1) is 10.8. The Bertz CT molecular complexity index is 671. The molecule has 3 N–H and O–H groups in total. The predicted octanol–water partition coefficient (Wildman–Crippen LogP) is 1.20. The van der Waals surface area contributed by atoms with Crippen LogP contribution in [0.5, 0.6) is 0 Å². The number of nitrogens with one attached hydrogen (secondary N) is 2. The number of guanidine groups is 1. The molecule has 23 heavy (non-hydrogen) atoms. The van der Waals surface area contributed by atoms with E-state index in [9.17, 15) is 5.11 Å². The lowest BCUT2D eigenvalue weighted by Crippen LogP contribution is -2.44. The number of aliphatic imine (C=N–C) groups is 1. The average molecular weight is 319 g/mol. The van der Waals surface area contributed by atoms with Crippen LogP contribution >= 0.6 is 0 Å². The van der Waals surface area contributed by atoms with Crippen molar-refractivity contribution in [3.63, 3.8) is 0 Å². The van der Waals surface area contributed by atoms with Crippen LogP contribution in [0.25, 0.3) is 0 Å². The second-order valence-corrected chi connectivity index (χ2v) is 5.80. The molecule has 2 aromatic rings. The summed E-state index contributed by atoms with van der Waals surface area (Å²) in [6.45, 7) is 6.62. The lowest BCUT2D eigenvalue weighted by atomic mass is 10.0. The molecular formula is C16H25N5O2. The lowest BCUT2D eigenvalue weighted by Gasteiger charge is -2.22. The van der Waals surface area contributed by atoms with Gasteiger partial charge < -0.3 is 20.2 Å². The monoisotopic (exact) mass is 319 g/mol. The zero-order chi connectivity index (χ0) is 17.0. The third-order valence-electron chi connectivity index (χ3n) is 3.97. The number of rotatable bonds is 5. The molecule has 0 fully saturated rings. The summed E-state index contributed by atoms with van der Waals surface area (Å²) in [5, 5.41) is 21.2. The van der Waals surface area contributed by atoms with E-state index >= 15 is 0 Å². The summed E-state index contributed by atoms with van der Waals surface area (Å²) in [6.07, 6.45) is 1.55. The highest BCUT2D eigenvalue weighted by Gasteiger charge is 2.26. The molecule has 0 aromatic carbocycles. The highest BCUT2D eigenvalue weighted by Crippen LogP contribution is 2.19. The van der Waals surface area contributed by atoms with Gasteiger partial charge in [0.05, 0.1) is 18.5 Å². The Morgan fingerprint density at radius 2 is 2.17 bits per heavy atom. The molecular weight excluding hydrogens is 294 g/mol. The van der Waals surface area contributed by atoms with Crippen molar-refractivity contribution >= 4 is 5.96 Å². The quantitative estimate of drug-likeness (QED) is 0.569. The van der Waals surface area contributed by atoms with Crippen LogP contribution in [-0.4, -0.2) is 34.4 Å². The van der Waals surface area contributed by atoms with E-state index in [1.165, 1.54) is 0 Å². The number of hydrogen-bond donors (Lipinski definition) is 3. The second-order valence-electron chi connectivity index (χ2n) is 5.80. The van der Waals surface area contributed by atoms with E-state index in [4.69, 9.17) is 4.42 Å². The van der Waals surface area contributed by atoms with Crippen molar-refractivity contribution < 1.29 is 9.52 Å². The number of aliphatic hydroxyl groups is 1. The normalized spacial score (nSPS) is 14.6. The van der Waals surface area contributed by atoms with Gasteiger partial charge in [0.2, 0.25) is 0 Å². The highest BCUT2D eigenvalue weighted by molar-refractivity contribution is 5.79. The molecule has 1 atom stereocenters. The molecule has 0 aliphatic rings. The van der Waals surface area contributed by atoms with Gasteiger partial charge >= 0.3 is 0 Å². The zero-order valence-electron chi connectivity index (χ0n) is 14.3. The molecule has 0 aliphatic carbocycles. The molecule has 0 spiro atoms. The van der Waals surface area contributed by atoms with Gasteiger partial charge in [-0.2, -0.15) is 5.10 Å². The van der Waals surface area contributed by atoms with Gasteiger partial charge in [0, 0.05) is 31.9 Å². The van der Waals surface area contributed by atoms with Crippen molar-refractivity contribution in [2.75, 3.05) is 13.6 Å². The van der Waals surface area contributed by atoms with Gasteiger partial charge in [-0.15, -0.1) is 0 Å². The van der Waals surface area contributed by atoms with E-state index in [1.807, 2.05) is 25.6 Å². The lowest BCUT2D eigenvalue weighted by molar-refractivity contribution is 0.0386. The third kappa shape index (κ3) is 3.92. The van der Waals surface area contributed by atoms with Crippen molar-refractivity contribution in [1.82, 2.24) is 20.4 Å². The number of aryl methyl sites for hydroxylation is 2. The largest absolute Gasteiger partial charge is 0.466 e. The molecule has 0 aliphatic heterocycles. The fourth-order valence-electron chi connectivity index (χ4n) is 2.39. The van der Waals surface area contributed by atoms with E-state index in [0.29, 0.717) is 18.3 Å². The van der Waals surface area contributed by atoms with Crippen molar-refractivity contribution in [3.8, 4) is 0 Å². The minimum absolute atomic E-state index is 0.283. The zero-order valence-corrected chi connectivity index (χ0v) is 14.3. The fraction of sp³-hybridized carbons (Fsp3) is 0.500. The highest BCUT2D eigenvalue weighted by atomic mass is 16.4. The van der Waals surface area contributed by atoms with Crippen LogP contribution in [0.3, 0.4) is 0 Å². The molecule has 7 nitrogen and oxygen atoms in total. The van der Waals surface area contributed by atoms with Crippen LogP contribution in [0, 0.1) is 13.8 Å². The maximum Gasteiger partial charge on any atom is 0.191 e. The fourth-order valence-corrected chi connectivity index (χ4v) is 2.39. The molecule has 0 amide bonds. The summed E-state index contributed by atoms with van der Waals surface area (Å²) in [7, 11) is 3.62. The Morgan fingerprint density at radius 1 is 1.43 bits per heavy atom. The first-order valence-electron chi connectivity index (χ1n) is 7.55. The van der Waals surface area contributed by atoms with Crippen LogP contribution in [0.4, 0.5) is 0 Å². The van der Waals surface area contributed by atoms with Crippen LogP contribution < -0.4 is 10.6 Å². The number of hydrogen-bond acceptors (Lipinski definition) is 4. The Kier molecular flexibility index (Phi) is 5.10. The SMILES string of the molecule is CN=C(NCc1c(C)nn(C)c1C)NCC(C)(O)c1ccco1. The van der Waals surface area contributed by atoms with Gasteiger partial charge in [-0.3, -0.25) is 9.67 Å². The minimum Gasteiger partial charge on any atom is -0.466 e. The van der Waals surface area contributed by atoms with Gasteiger partial charge in [0.1, 0.15) is 11.4 Å². The topological polar surface area (TPSA) is 87.6 Å². The van der Waals surface area contributed by atoms with E-state index in [1.54, 1.807) is 32.4 Å². The van der Waals surface area contributed by atoms with Crippen LogP contribution in [0.2, 0.25) is 0 Å². The van der Waals surface area contributed by atoms with Crippen molar-refractivity contribution in [2.45, 2.75) is 32.9 Å². The first kappa shape index (κ1) is 17.1. The number of furan rings is 1. The molecule has 2 aromatic heterocycles. The molecule has 2 rings (SSSR count). The summed E-state index contributed by atoms with van der Waals surface area (Å²) < 4.78 is 7.13. The summed E-state index contributed by atoms with van der Waals surface area (Å²) in [5.41, 5.74) is 2.15. The molecule has 0 radical (unpaired) electrons. The number of aromatic nitrogens is 2. The Balaban J connectivity index is 1.94.